The summed E-state index contributed by atoms with van der Waals surface area (Å²) in [4.78, 5) is 28.0. The van der Waals surface area contributed by atoms with Crippen LogP contribution in [-0.4, -0.2) is 74.7 Å². The Morgan fingerprint density at radius 1 is 1.09 bits per heavy atom. The average Bonchev–Trinajstić information content (AvgIpc) is 2.58. The number of benzene rings is 1. The Morgan fingerprint density at radius 2 is 1.74 bits per heavy atom. The predicted octanol–water partition coefficient (Wildman–Crippen LogP) is 1.40. The number of hydrogen-bond donors (Lipinski definition) is 0. The van der Waals surface area contributed by atoms with Crippen LogP contribution in [0.1, 0.15) is 10.4 Å². The molecule has 6 nitrogen and oxygen atoms in total. The van der Waals surface area contributed by atoms with Crippen LogP contribution in [-0.2, 0) is 14.3 Å². The summed E-state index contributed by atoms with van der Waals surface area (Å²) in [5, 5.41) is 0. The van der Waals surface area contributed by atoms with Gasteiger partial charge in [0.15, 0.2) is 0 Å². The van der Waals surface area contributed by atoms with E-state index in [1.54, 1.807) is 23.0 Å². The molecule has 126 valence electrons. The number of rotatable bonds is 6. The quantitative estimate of drug-likeness (QED) is 0.695. The van der Waals surface area contributed by atoms with Gasteiger partial charge in [-0.15, -0.1) is 0 Å². The van der Waals surface area contributed by atoms with Gasteiger partial charge in [0.25, 0.3) is 5.91 Å². The predicted molar refractivity (Wildman–Crippen MR) is 89.3 cm³/mol. The lowest BCUT2D eigenvalue weighted by atomic mass is 10.2. The van der Waals surface area contributed by atoms with E-state index in [0.29, 0.717) is 45.0 Å². The summed E-state index contributed by atoms with van der Waals surface area (Å²) in [6, 6.07) is 7.37. The third kappa shape index (κ3) is 5.02. The van der Waals surface area contributed by atoms with Crippen molar-refractivity contribution in [1.29, 1.82) is 0 Å². The van der Waals surface area contributed by atoms with Crippen LogP contribution >= 0.6 is 15.9 Å². The first-order valence-corrected chi connectivity index (χ1v) is 8.31. The number of halogens is 1. The van der Waals surface area contributed by atoms with Crippen LogP contribution < -0.4 is 0 Å². The van der Waals surface area contributed by atoms with Gasteiger partial charge < -0.3 is 19.3 Å². The third-order valence-corrected chi connectivity index (χ3v) is 4.37. The van der Waals surface area contributed by atoms with Crippen molar-refractivity contribution in [3.8, 4) is 0 Å². The maximum Gasteiger partial charge on any atom is 0.255 e. The molecule has 0 atom stereocenters. The number of carbonyl (C=O) groups is 2. The van der Waals surface area contributed by atoms with Gasteiger partial charge in [0.1, 0.15) is 6.61 Å². The minimum atomic E-state index is -0.0471. The first-order valence-electron chi connectivity index (χ1n) is 7.51. The fourth-order valence-corrected chi connectivity index (χ4v) is 2.81. The van der Waals surface area contributed by atoms with Gasteiger partial charge in [0.05, 0.1) is 18.8 Å². The third-order valence-electron chi connectivity index (χ3n) is 3.68. The molecule has 23 heavy (non-hydrogen) atoms. The van der Waals surface area contributed by atoms with Crippen molar-refractivity contribution in [2.45, 2.75) is 0 Å². The van der Waals surface area contributed by atoms with Crippen molar-refractivity contribution in [3.05, 3.63) is 34.3 Å². The van der Waals surface area contributed by atoms with Crippen molar-refractivity contribution in [2.75, 3.05) is 53.1 Å². The number of ether oxygens (including phenoxy) is 2. The molecule has 1 aliphatic rings. The highest BCUT2D eigenvalue weighted by atomic mass is 79.9. The fraction of sp³-hybridized carbons (Fsp3) is 0.500. The van der Waals surface area contributed by atoms with E-state index in [-0.39, 0.29) is 18.4 Å². The van der Waals surface area contributed by atoms with Crippen LogP contribution in [0.5, 0.6) is 0 Å². The molecule has 1 aromatic carbocycles. The van der Waals surface area contributed by atoms with Gasteiger partial charge in [-0.2, -0.15) is 0 Å². The van der Waals surface area contributed by atoms with E-state index in [1.165, 1.54) is 0 Å². The van der Waals surface area contributed by atoms with Crippen LogP contribution in [0.4, 0.5) is 0 Å². The maximum atomic E-state index is 12.5. The van der Waals surface area contributed by atoms with Gasteiger partial charge in [-0.3, -0.25) is 9.59 Å². The molecule has 1 fully saturated rings. The first-order chi connectivity index (χ1) is 11.1. The summed E-state index contributed by atoms with van der Waals surface area (Å²) in [5.41, 5.74) is 0.648. The molecule has 2 amide bonds. The van der Waals surface area contributed by atoms with Crippen LogP contribution in [0, 0.1) is 0 Å². The van der Waals surface area contributed by atoms with E-state index in [4.69, 9.17) is 9.47 Å². The molecule has 0 aromatic heterocycles. The van der Waals surface area contributed by atoms with Crippen molar-refractivity contribution in [2.24, 2.45) is 0 Å². The molecule has 0 saturated carbocycles. The van der Waals surface area contributed by atoms with Gasteiger partial charge in [0.2, 0.25) is 5.91 Å². The highest BCUT2D eigenvalue weighted by Gasteiger charge is 2.25. The topological polar surface area (TPSA) is 59.1 Å². The van der Waals surface area contributed by atoms with E-state index < -0.39 is 0 Å². The number of piperazine rings is 1. The zero-order valence-electron chi connectivity index (χ0n) is 13.2. The zero-order chi connectivity index (χ0) is 16.7. The Hall–Kier alpha value is -1.44. The number of hydrogen-bond acceptors (Lipinski definition) is 4. The molecular weight excluding hydrogens is 364 g/mol. The average molecular weight is 385 g/mol. The molecular formula is C16H21BrN2O4. The van der Waals surface area contributed by atoms with Crippen LogP contribution in [0.2, 0.25) is 0 Å². The van der Waals surface area contributed by atoms with E-state index >= 15 is 0 Å². The summed E-state index contributed by atoms with van der Waals surface area (Å²) in [6.45, 7) is 3.06. The minimum absolute atomic E-state index is 0.0130. The molecule has 0 radical (unpaired) electrons. The van der Waals surface area contributed by atoms with Crippen LogP contribution in [0.3, 0.4) is 0 Å². The summed E-state index contributed by atoms with van der Waals surface area (Å²) < 4.78 is 10.9. The van der Waals surface area contributed by atoms with E-state index in [0.717, 1.165) is 4.47 Å². The first kappa shape index (κ1) is 17.9. The highest BCUT2D eigenvalue weighted by molar-refractivity contribution is 9.10. The SMILES string of the molecule is COCCOCC(=O)N1CCN(C(=O)c2ccccc2Br)CC1. The smallest absolute Gasteiger partial charge is 0.255 e. The molecule has 1 aliphatic heterocycles. The minimum Gasteiger partial charge on any atom is -0.382 e. The Balaban J connectivity index is 1.80. The number of carbonyl (C=O) groups excluding carboxylic acids is 2. The summed E-state index contributed by atoms with van der Waals surface area (Å²) in [6.07, 6.45) is 0. The van der Waals surface area contributed by atoms with Crippen LogP contribution in [0.15, 0.2) is 28.7 Å². The normalized spacial score (nSPS) is 14.9. The van der Waals surface area contributed by atoms with Crippen LogP contribution in [0.25, 0.3) is 0 Å². The second-order valence-corrected chi connectivity index (χ2v) is 6.05. The maximum absolute atomic E-state index is 12.5. The fourth-order valence-electron chi connectivity index (χ4n) is 2.36. The van der Waals surface area contributed by atoms with Gasteiger partial charge in [-0.05, 0) is 28.1 Å². The Kier molecular flexibility index (Phi) is 7.01. The standard InChI is InChI=1S/C16H21BrN2O4/c1-22-10-11-23-12-15(20)18-6-8-19(9-7-18)16(21)13-4-2-3-5-14(13)17/h2-5H,6-12H2,1H3. The second kappa shape index (κ2) is 9.00. The summed E-state index contributed by atoms with van der Waals surface area (Å²) in [7, 11) is 1.59. The lowest BCUT2D eigenvalue weighted by Crippen LogP contribution is -2.51. The molecule has 1 aromatic rings. The van der Waals surface area contributed by atoms with Gasteiger partial charge in [-0.1, -0.05) is 12.1 Å². The largest absolute Gasteiger partial charge is 0.382 e. The second-order valence-electron chi connectivity index (χ2n) is 5.20. The lowest BCUT2D eigenvalue weighted by Gasteiger charge is -2.35. The molecule has 1 saturated heterocycles. The molecule has 1 heterocycles. The van der Waals surface area contributed by atoms with E-state index in [9.17, 15) is 9.59 Å². The van der Waals surface area contributed by atoms with E-state index in [1.807, 2.05) is 18.2 Å². The number of nitrogens with zero attached hydrogens (tertiary/aromatic N) is 2. The number of amides is 2. The molecule has 0 unspecified atom stereocenters. The van der Waals surface area contributed by atoms with E-state index in [2.05, 4.69) is 15.9 Å². The summed E-state index contributed by atoms with van der Waals surface area (Å²) >= 11 is 3.40. The molecule has 0 bridgehead atoms. The van der Waals surface area contributed by atoms with Crippen molar-refractivity contribution < 1.29 is 19.1 Å². The molecule has 0 spiro atoms. The molecule has 7 heteroatoms. The summed E-state index contributed by atoms with van der Waals surface area (Å²) in [5.74, 6) is -0.0602. The molecule has 0 N–H and O–H groups in total. The Labute approximate surface area is 144 Å². The zero-order valence-corrected chi connectivity index (χ0v) is 14.8. The Morgan fingerprint density at radius 3 is 2.39 bits per heavy atom. The number of methoxy groups -OCH3 is 1. The monoisotopic (exact) mass is 384 g/mol. The van der Waals surface area contributed by atoms with Crippen molar-refractivity contribution >= 4 is 27.7 Å². The molecule has 2 rings (SSSR count). The van der Waals surface area contributed by atoms with Gasteiger partial charge in [0, 0.05) is 37.8 Å². The van der Waals surface area contributed by atoms with Gasteiger partial charge in [-0.25, -0.2) is 0 Å². The highest BCUT2D eigenvalue weighted by Crippen LogP contribution is 2.18. The van der Waals surface area contributed by atoms with Crippen molar-refractivity contribution in [1.82, 2.24) is 9.80 Å². The van der Waals surface area contributed by atoms with Crippen molar-refractivity contribution in [3.63, 3.8) is 0 Å². The lowest BCUT2D eigenvalue weighted by molar-refractivity contribution is -0.138. The molecule has 0 aliphatic carbocycles. The van der Waals surface area contributed by atoms with Gasteiger partial charge >= 0.3 is 0 Å². The Bertz CT molecular complexity index is 545.